The number of hydrogen-bond acceptors (Lipinski definition) is 6. The van der Waals surface area contributed by atoms with Crippen molar-refractivity contribution in [2.45, 2.75) is 31.7 Å². The van der Waals surface area contributed by atoms with E-state index in [1.165, 1.54) is 18.4 Å². The Bertz CT molecular complexity index is 993. The molecule has 0 bridgehead atoms. The van der Waals surface area contributed by atoms with Crippen LogP contribution in [0.3, 0.4) is 0 Å². The zero-order valence-electron chi connectivity index (χ0n) is 18.5. The fourth-order valence-corrected chi connectivity index (χ4v) is 4.20. The van der Waals surface area contributed by atoms with Crippen molar-refractivity contribution in [3.05, 3.63) is 60.4 Å². The third-order valence-electron chi connectivity index (χ3n) is 5.90. The molecule has 1 aromatic carbocycles. The molecule has 1 aliphatic carbocycles. The molecule has 2 N–H and O–H groups in total. The third kappa shape index (κ3) is 5.79. The first-order valence-corrected chi connectivity index (χ1v) is 11.2. The summed E-state index contributed by atoms with van der Waals surface area (Å²) in [5, 5.41) is 8.26. The number of hydrogen-bond donors (Lipinski definition) is 2. The Morgan fingerprint density at radius 1 is 1.00 bits per heavy atom. The Hall–Kier alpha value is -2.99. The molecule has 3 aromatic rings. The first-order chi connectivity index (χ1) is 15.2. The molecule has 162 valence electrons. The first kappa shape index (κ1) is 21.2. The van der Waals surface area contributed by atoms with Crippen molar-refractivity contribution in [1.82, 2.24) is 20.3 Å². The minimum atomic E-state index is 0.444. The van der Waals surface area contributed by atoms with Gasteiger partial charge in [0.25, 0.3) is 0 Å². The molecule has 0 atom stereocenters. The number of pyridine rings is 1. The van der Waals surface area contributed by atoms with E-state index in [2.05, 4.69) is 44.8 Å². The number of benzene rings is 1. The molecule has 0 aliphatic heterocycles. The van der Waals surface area contributed by atoms with E-state index >= 15 is 0 Å². The fourth-order valence-electron chi connectivity index (χ4n) is 4.20. The summed E-state index contributed by atoms with van der Waals surface area (Å²) in [4.78, 5) is 15.6. The van der Waals surface area contributed by atoms with Crippen LogP contribution in [0.4, 0.5) is 11.8 Å². The van der Waals surface area contributed by atoms with Crippen molar-refractivity contribution in [3.8, 4) is 0 Å². The highest BCUT2D eigenvalue weighted by atomic mass is 15.2. The maximum Gasteiger partial charge on any atom is 0.225 e. The number of fused-ring (bicyclic) bond motifs is 1. The van der Waals surface area contributed by atoms with Crippen LogP contribution in [0.15, 0.2) is 54.9 Å². The smallest absolute Gasteiger partial charge is 0.225 e. The summed E-state index contributed by atoms with van der Waals surface area (Å²) in [7, 11) is 4.06. The number of nitrogens with zero attached hydrogens (tertiary/aromatic N) is 4. The van der Waals surface area contributed by atoms with Gasteiger partial charge in [-0.05, 0) is 68.0 Å². The van der Waals surface area contributed by atoms with Crippen molar-refractivity contribution in [2.75, 3.05) is 37.4 Å². The van der Waals surface area contributed by atoms with Gasteiger partial charge in [0.05, 0.1) is 5.52 Å². The van der Waals surface area contributed by atoms with E-state index < -0.39 is 0 Å². The summed E-state index contributed by atoms with van der Waals surface area (Å²) < 4.78 is 0. The summed E-state index contributed by atoms with van der Waals surface area (Å²) in [6.07, 6.45) is 12.7. The molecule has 0 radical (unpaired) electrons. The molecule has 1 saturated carbocycles. The summed E-state index contributed by atoms with van der Waals surface area (Å²) in [6.45, 7) is 1.98. The Kier molecular flexibility index (Phi) is 7.10. The second-order valence-electron chi connectivity index (χ2n) is 8.49. The molecule has 6 heteroatoms. The van der Waals surface area contributed by atoms with Crippen LogP contribution >= 0.6 is 0 Å². The molecule has 2 aromatic heterocycles. The molecule has 4 rings (SSSR count). The van der Waals surface area contributed by atoms with Gasteiger partial charge in [-0.25, -0.2) is 4.98 Å². The van der Waals surface area contributed by atoms with Crippen LogP contribution in [-0.4, -0.2) is 48.2 Å². The minimum absolute atomic E-state index is 0.444. The lowest BCUT2D eigenvalue weighted by molar-refractivity contribution is 0.328. The Balaban J connectivity index is 1.24. The summed E-state index contributed by atoms with van der Waals surface area (Å²) in [5.41, 5.74) is 2.18. The molecule has 31 heavy (non-hydrogen) atoms. The monoisotopic (exact) mass is 416 g/mol. The average molecular weight is 417 g/mol. The van der Waals surface area contributed by atoms with E-state index in [0.29, 0.717) is 6.04 Å². The lowest BCUT2D eigenvalue weighted by Crippen LogP contribution is -2.32. The Morgan fingerprint density at radius 3 is 2.55 bits per heavy atom. The van der Waals surface area contributed by atoms with Crippen LogP contribution < -0.4 is 15.5 Å². The second-order valence-corrected chi connectivity index (χ2v) is 8.49. The number of aromatic nitrogens is 3. The molecule has 0 amide bonds. The van der Waals surface area contributed by atoms with Gasteiger partial charge in [0.15, 0.2) is 0 Å². The Morgan fingerprint density at radius 2 is 1.77 bits per heavy atom. The van der Waals surface area contributed by atoms with Gasteiger partial charge in [-0.1, -0.05) is 24.3 Å². The van der Waals surface area contributed by atoms with Gasteiger partial charge < -0.3 is 15.5 Å². The molecule has 1 aliphatic rings. The zero-order valence-corrected chi connectivity index (χ0v) is 18.5. The highest BCUT2D eigenvalue weighted by molar-refractivity contribution is 5.90. The van der Waals surface area contributed by atoms with Crippen molar-refractivity contribution in [1.29, 1.82) is 0 Å². The molecule has 0 unspecified atom stereocenters. The number of para-hydroxylation sites is 1. The first-order valence-electron chi connectivity index (χ1n) is 11.2. The van der Waals surface area contributed by atoms with E-state index in [1.54, 1.807) is 0 Å². The SMILES string of the molecule is CN(C)c1nc(N[C@H]2CC[C@@H](CNC/C=C/c3ccncc3)CC2)nc2ccccc12. The predicted octanol–water partition coefficient (Wildman–Crippen LogP) is 4.36. The van der Waals surface area contributed by atoms with E-state index in [1.807, 2.05) is 50.8 Å². The van der Waals surface area contributed by atoms with Crippen molar-refractivity contribution < 1.29 is 0 Å². The fraction of sp³-hybridized carbons (Fsp3) is 0.400. The van der Waals surface area contributed by atoms with Crippen molar-refractivity contribution in [2.24, 2.45) is 5.92 Å². The molecule has 0 saturated heterocycles. The van der Waals surface area contributed by atoms with E-state index in [9.17, 15) is 0 Å². The van der Waals surface area contributed by atoms with E-state index in [0.717, 1.165) is 54.5 Å². The van der Waals surface area contributed by atoms with Crippen LogP contribution in [-0.2, 0) is 0 Å². The maximum absolute atomic E-state index is 4.79. The topological polar surface area (TPSA) is 66.0 Å². The van der Waals surface area contributed by atoms with Gasteiger partial charge >= 0.3 is 0 Å². The highest BCUT2D eigenvalue weighted by Gasteiger charge is 2.22. The largest absolute Gasteiger partial charge is 0.362 e. The van der Waals surface area contributed by atoms with Crippen LogP contribution in [0.5, 0.6) is 0 Å². The van der Waals surface area contributed by atoms with Crippen LogP contribution in [0.1, 0.15) is 31.2 Å². The molecule has 1 fully saturated rings. The molecule has 0 spiro atoms. The summed E-state index contributed by atoms with van der Waals surface area (Å²) >= 11 is 0. The lowest BCUT2D eigenvalue weighted by atomic mass is 9.86. The van der Waals surface area contributed by atoms with Gasteiger partial charge in [0.2, 0.25) is 5.95 Å². The van der Waals surface area contributed by atoms with Crippen LogP contribution in [0, 0.1) is 5.92 Å². The number of nitrogens with one attached hydrogen (secondary N) is 2. The van der Waals surface area contributed by atoms with Gasteiger partial charge in [-0.15, -0.1) is 0 Å². The minimum Gasteiger partial charge on any atom is -0.362 e. The molecule has 2 heterocycles. The zero-order chi connectivity index (χ0) is 21.5. The predicted molar refractivity (Wildman–Crippen MR) is 129 cm³/mol. The van der Waals surface area contributed by atoms with E-state index in [4.69, 9.17) is 9.97 Å². The maximum atomic E-state index is 4.79. The van der Waals surface area contributed by atoms with Crippen molar-refractivity contribution >= 4 is 28.7 Å². The molecular formula is C25H32N6. The third-order valence-corrected chi connectivity index (χ3v) is 5.90. The number of anilines is 2. The van der Waals surface area contributed by atoms with Gasteiger partial charge in [-0.3, -0.25) is 4.98 Å². The van der Waals surface area contributed by atoms with Gasteiger partial charge in [0.1, 0.15) is 5.82 Å². The molecular weight excluding hydrogens is 384 g/mol. The van der Waals surface area contributed by atoms with Gasteiger partial charge in [0, 0.05) is 44.5 Å². The van der Waals surface area contributed by atoms with Crippen molar-refractivity contribution in [3.63, 3.8) is 0 Å². The standard InChI is InChI=1S/C25H32N6/c1-31(2)24-22-7-3-4-8-23(22)29-25(30-24)28-21-11-9-20(10-12-21)18-27-15-5-6-19-13-16-26-17-14-19/h3-8,13-14,16-17,20-21,27H,9-12,15,18H2,1-2H3,(H,28,29,30)/b6-5+/t20-,21+. The average Bonchev–Trinajstić information content (AvgIpc) is 2.80. The normalized spacial score (nSPS) is 19.0. The number of rotatable bonds is 8. The van der Waals surface area contributed by atoms with Gasteiger partial charge in [-0.2, -0.15) is 4.98 Å². The van der Waals surface area contributed by atoms with Crippen LogP contribution in [0.25, 0.3) is 17.0 Å². The molecule has 6 nitrogen and oxygen atoms in total. The lowest BCUT2D eigenvalue weighted by Gasteiger charge is -2.29. The highest BCUT2D eigenvalue weighted by Crippen LogP contribution is 2.28. The quantitative estimate of drug-likeness (QED) is 0.532. The summed E-state index contributed by atoms with van der Waals surface area (Å²) in [6, 6.07) is 12.7. The van der Waals surface area contributed by atoms with Crippen LogP contribution in [0.2, 0.25) is 0 Å². The summed E-state index contributed by atoms with van der Waals surface area (Å²) in [5.74, 6) is 2.44. The Labute approximate surface area is 184 Å². The second kappa shape index (κ2) is 10.4. The van der Waals surface area contributed by atoms with E-state index in [-0.39, 0.29) is 0 Å².